The van der Waals surface area contributed by atoms with Crippen molar-refractivity contribution in [3.8, 4) is 11.1 Å². The van der Waals surface area contributed by atoms with Gasteiger partial charge in [0.2, 0.25) is 5.91 Å². The van der Waals surface area contributed by atoms with Crippen LogP contribution in [0, 0.1) is 13.8 Å². The molecule has 36 heavy (non-hydrogen) atoms. The summed E-state index contributed by atoms with van der Waals surface area (Å²) in [6, 6.07) is 16.2. The molecule has 2 N–H and O–H groups in total. The predicted octanol–water partition coefficient (Wildman–Crippen LogP) is 5.29. The highest BCUT2D eigenvalue weighted by Gasteiger charge is 2.30. The number of nitrogens with one attached hydrogen (secondary N) is 2. The summed E-state index contributed by atoms with van der Waals surface area (Å²) in [6.45, 7) is 4.74. The van der Waals surface area contributed by atoms with Gasteiger partial charge in [-0.3, -0.25) is 9.59 Å². The highest BCUT2D eigenvalue weighted by Crippen LogP contribution is 2.32. The molecule has 9 heteroatoms. The number of ether oxygens (including phenoxy) is 1. The number of hydrogen-bond acceptors (Lipinski definition) is 4. The summed E-state index contributed by atoms with van der Waals surface area (Å²) in [4.78, 5) is 37.5. The van der Waals surface area contributed by atoms with Crippen LogP contribution in [0.3, 0.4) is 0 Å². The fourth-order valence-electron chi connectivity index (χ4n) is 3.54. The first-order valence-electron chi connectivity index (χ1n) is 11.1. The average molecular weight is 499 g/mol. The molecule has 1 unspecified atom stereocenters. The molecule has 0 bridgehead atoms. The Morgan fingerprint density at radius 3 is 2.11 bits per heavy atom. The Balaban J connectivity index is 1.62. The fourth-order valence-corrected chi connectivity index (χ4v) is 3.54. The van der Waals surface area contributed by atoms with E-state index in [-0.39, 0.29) is 12.1 Å². The molecule has 0 aliphatic heterocycles. The Hall–Kier alpha value is -4.14. The molecule has 6 nitrogen and oxygen atoms in total. The number of para-hydroxylation sites is 1. The van der Waals surface area contributed by atoms with Gasteiger partial charge in [-0.15, -0.1) is 0 Å². The van der Waals surface area contributed by atoms with E-state index in [0.717, 1.165) is 23.3 Å². The van der Waals surface area contributed by atoms with E-state index in [1.807, 2.05) is 32.0 Å². The van der Waals surface area contributed by atoms with E-state index in [0.29, 0.717) is 16.8 Å². The minimum Gasteiger partial charge on any atom is -0.449 e. The lowest BCUT2D eigenvalue weighted by atomic mass is 9.98. The molecule has 3 aromatic carbocycles. The standard InChI is InChI=1S/C27H25F3N2O4/c1-16-7-6-8-17(2)24(16)32-23(33)15-31-25(34)18(3)36-26(35)22-10-5-4-9-21(22)19-11-13-20(14-12-19)27(28,29)30/h4-14,18H,15H2,1-3H3,(H,31,34)(H,32,33). The molecule has 1 atom stereocenters. The lowest BCUT2D eigenvalue weighted by Gasteiger charge is -2.16. The van der Waals surface area contributed by atoms with Crippen LogP contribution in [-0.4, -0.2) is 30.4 Å². The third kappa shape index (κ3) is 6.50. The highest BCUT2D eigenvalue weighted by atomic mass is 19.4. The number of amides is 2. The fraction of sp³-hybridized carbons (Fsp3) is 0.222. The summed E-state index contributed by atoms with van der Waals surface area (Å²) in [6.07, 6.45) is -5.69. The van der Waals surface area contributed by atoms with Crippen molar-refractivity contribution in [2.45, 2.75) is 33.1 Å². The van der Waals surface area contributed by atoms with E-state index in [1.165, 1.54) is 25.1 Å². The van der Waals surface area contributed by atoms with E-state index in [2.05, 4.69) is 10.6 Å². The second-order valence-corrected chi connectivity index (χ2v) is 8.20. The number of hydrogen-bond donors (Lipinski definition) is 2. The van der Waals surface area contributed by atoms with Gasteiger partial charge in [-0.2, -0.15) is 13.2 Å². The van der Waals surface area contributed by atoms with Crippen LogP contribution in [0.4, 0.5) is 18.9 Å². The Bertz CT molecular complexity index is 1250. The second-order valence-electron chi connectivity index (χ2n) is 8.20. The van der Waals surface area contributed by atoms with Crippen molar-refractivity contribution in [3.05, 3.63) is 89.0 Å². The summed E-state index contributed by atoms with van der Waals surface area (Å²) in [5, 5.41) is 5.18. The highest BCUT2D eigenvalue weighted by molar-refractivity contribution is 5.99. The number of benzene rings is 3. The van der Waals surface area contributed by atoms with Gasteiger partial charge in [-0.1, -0.05) is 48.5 Å². The van der Waals surface area contributed by atoms with Gasteiger partial charge in [0.1, 0.15) is 0 Å². The summed E-state index contributed by atoms with van der Waals surface area (Å²) in [7, 11) is 0. The molecule has 0 aliphatic carbocycles. The molecule has 0 fully saturated rings. The molecular weight excluding hydrogens is 473 g/mol. The third-order valence-electron chi connectivity index (χ3n) is 5.49. The lowest BCUT2D eigenvalue weighted by molar-refractivity contribution is -0.137. The number of carbonyl (C=O) groups excluding carboxylic acids is 3. The average Bonchev–Trinajstić information content (AvgIpc) is 2.84. The van der Waals surface area contributed by atoms with E-state index in [9.17, 15) is 27.6 Å². The minimum absolute atomic E-state index is 0.0877. The molecular formula is C27H25F3N2O4. The van der Waals surface area contributed by atoms with Crippen LogP contribution in [0.1, 0.15) is 34.0 Å². The minimum atomic E-state index is -4.48. The van der Waals surface area contributed by atoms with Crippen LogP contribution in [0.25, 0.3) is 11.1 Å². The molecule has 0 aromatic heterocycles. The molecule has 0 saturated carbocycles. The predicted molar refractivity (Wildman–Crippen MR) is 129 cm³/mol. The van der Waals surface area contributed by atoms with Crippen LogP contribution >= 0.6 is 0 Å². The molecule has 3 rings (SSSR count). The summed E-state index contributed by atoms with van der Waals surface area (Å²) < 4.78 is 43.9. The van der Waals surface area contributed by atoms with Gasteiger partial charge < -0.3 is 15.4 Å². The first kappa shape index (κ1) is 26.5. The first-order chi connectivity index (χ1) is 17.0. The zero-order valence-electron chi connectivity index (χ0n) is 19.9. The molecule has 0 spiro atoms. The van der Waals surface area contributed by atoms with Crippen molar-refractivity contribution < 1.29 is 32.3 Å². The lowest BCUT2D eigenvalue weighted by Crippen LogP contribution is -2.40. The third-order valence-corrected chi connectivity index (χ3v) is 5.49. The zero-order valence-corrected chi connectivity index (χ0v) is 19.9. The topological polar surface area (TPSA) is 84.5 Å². The van der Waals surface area contributed by atoms with E-state index < -0.39 is 35.6 Å². The second kappa shape index (κ2) is 11.1. The first-order valence-corrected chi connectivity index (χ1v) is 11.1. The number of halogens is 3. The van der Waals surface area contributed by atoms with Crippen molar-refractivity contribution in [2.24, 2.45) is 0 Å². The van der Waals surface area contributed by atoms with Crippen LogP contribution in [0.15, 0.2) is 66.7 Å². The van der Waals surface area contributed by atoms with Crippen LogP contribution in [-0.2, 0) is 20.5 Å². The van der Waals surface area contributed by atoms with Gasteiger partial charge in [0.05, 0.1) is 17.7 Å². The van der Waals surface area contributed by atoms with Gasteiger partial charge >= 0.3 is 12.1 Å². The van der Waals surface area contributed by atoms with Crippen molar-refractivity contribution >= 4 is 23.5 Å². The monoisotopic (exact) mass is 498 g/mol. The molecule has 0 radical (unpaired) electrons. The van der Waals surface area contributed by atoms with Crippen molar-refractivity contribution in [3.63, 3.8) is 0 Å². The van der Waals surface area contributed by atoms with Gasteiger partial charge in [0, 0.05) is 5.69 Å². The molecule has 0 saturated heterocycles. The molecule has 188 valence electrons. The maximum absolute atomic E-state index is 12.9. The largest absolute Gasteiger partial charge is 0.449 e. The Morgan fingerprint density at radius 2 is 1.50 bits per heavy atom. The van der Waals surface area contributed by atoms with E-state index in [4.69, 9.17) is 4.74 Å². The Labute approximate surface area is 206 Å². The quantitative estimate of drug-likeness (QED) is 0.434. The number of aryl methyl sites for hydroxylation is 2. The van der Waals surface area contributed by atoms with E-state index >= 15 is 0 Å². The maximum atomic E-state index is 12.9. The van der Waals surface area contributed by atoms with E-state index in [1.54, 1.807) is 18.2 Å². The van der Waals surface area contributed by atoms with Crippen molar-refractivity contribution in [1.29, 1.82) is 0 Å². The summed E-state index contributed by atoms with van der Waals surface area (Å²) in [5.74, 6) is -1.94. The van der Waals surface area contributed by atoms with Gasteiger partial charge in [-0.05, 0) is 61.2 Å². The van der Waals surface area contributed by atoms with Crippen LogP contribution < -0.4 is 10.6 Å². The van der Waals surface area contributed by atoms with Gasteiger partial charge in [0.15, 0.2) is 6.10 Å². The van der Waals surface area contributed by atoms with Gasteiger partial charge in [-0.25, -0.2) is 4.79 Å². The Morgan fingerprint density at radius 1 is 0.889 bits per heavy atom. The molecule has 3 aromatic rings. The Kier molecular flexibility index (Phi) is 8.14. The maximum Gasteiger partial charge on any atom is 0.416 e. The van der Waals surface area contributed by atoms with Gasteiger partial charge in [0.25, 0.3) is 5.91 Å². The summed E-state index contributed by atoms with van der Waals surface area (Å²) >= 11 is 0. The molecule has 2 amide bonds. The molecule has 0 heterocycles. The number of alkyl halides is 3. The van der Waals surface area contributed by atoms with Crippen LogP contribution in [0.5, 0.6) is 0 Å². The normalized spacial score (nSPS) is 11.9. The zero-order chi connectivity index (χ0) is 26.5. The smallest absolute Gasteiger partial charge is 0.416 e. The summed E-state index contributed by atoms with van der Waals surface area (Å²) in [5.41, 5.74) is 2.44. The van der Waals surface area contributed by atoms with Crippen molar-refractivity contribution in [2.75, 3.05) is 11.9 Å². The molecule has 0 aliphatic rings. The number of anilines is 1. The number of carbonyl (C=O) groups is 3. The number of esters is 1. The van der Waals surface area contributed by atoms with Crippen LogP contribution in [0.2, 0.25) is 0 Å². The van der Waals surface area contributed by atoms with Crippen molar-refractivity contribution in [1.82, 2.24) is 5.32 Å². The SMILES string of the molecule is Cc1cccc(C)c1NC(=O)CNC(=O)C(C)OC(=O)c1ccccc1-c1ccc(C(F)(F)F)cc1. The number of rotatable bonds is 7.